The first kappa shape index (κ1) is 14.7. The number of ether oxygens (including phenoxy) is 2. The number of aldehydes is 1. The van der Waals surface area contributed by atoms with Crippen molar-refractivity contribution in [2.45, 2.75) is 6.61 Å². The number of carbonyl (C=O) groups is 2. The summed E-state index contributed by atoms with van der Waals surface area (Å²) >= 11 is 0. The van der Waals surface area contributed by atoms with Crippen LogP contribution in [0.1, 0.15) is 21.7 Å². The Morgan fingerprint density at radius 3 is 2.58 bits per heavy atom. The minimum Gasteiger partial charge on any atom is -0.495 e. The highest BCUT2D eigenvalue weighted by atomic mass is 16.5. The number of aliphatic hydroxyl groups excluding tert-OH is 1. The molecule has 102 valence electrons. The third-order valence-electron chi connectivity index (χ3n) is 2.29. The Kier molecular flexibility index (Phi) is 5.01. The lowest BCUT2D eigenvalue weighted by atomic mass is 10.1. The van der Waals surface area contributed by atoms with E-state index in [0.717, 1.165) is 12.2 Å². The van der Waals surface area contributed by atoms with E-state index in [2.05, 4.69) is 4.74 Å². The fraction of sp³-hybridized carbons (Fsp3) is 0.250. The molecule has 0 aromatic carbocycles. The molecule has 1 aromatic rings. The molecule has 19 heavy (non-hydrogen) atoms. The second-order valence-corrected chi connectivity index (χ2v) is 3.31. The van der Waals surface area contributed by atoms with Crippen molar-refractivity contribution in [1.29, 1.82) is 0 Å². The van der Waals surface area contributed by atoms with Crippen molar-refractivity contribution in [3.8, 4) is 5.75 Å². The molecule has 0 amide bonds. The standard InChI is InChI=1S/C12H12O7/c1-17-10(15)4-3-9-7(5-13)11(18-2)8(6-14)12(16)19-9/h3-5,14H,6H2,1-2H3. The Labute approximate surface area is 108 Å². The molecule has 7 heteroatoms. The van der Waals surface area contributed by atoms with E-state index in [0.29, 0.717) is 6.29 Å². The molecular formula is C12H12O7. The first-order valence-corrected chi connectivity index (χ1v) is 5.15. The van der Waals surface area contributed by atoms with Crippen molar-refractivity contribution in [3.05, 3.63) is 33.4 Å². The molecule has 0 spiro atoms. The summed E-state index contributed by atoms with van der Waals surface area (Å²) in [6, 6.07) is 0. The van der Waals surface area contributed by atoms with Crippen LogP contribution in [0.5, 0.6) is 5.75 Å². The Balaban J connectivity index is 3.45. The monoisotopic (exact) mass is 268 g/mol. The smallest absolute Gasteiger partial charge is 0.345 e. The predicted molar refractivity (Wildman–Crippen MR) is 63.9 cm³/mol. The van der Waals surface area contributed by atoms with Crippen LogP contribution < -0.4 is 10.4 Å². The zero-order chi connectivity index (χ0) is 14.4. The van der Waals surface area contributed by atoms with Gasteiger partial charge in [0.1, 0.15) is 17.1 Å². The summed E-state index contributed by atoms with van der Waals surface area (Å²) in [6.45, 7) is -0.632. The fourth-order valence-electron chi connectivity index (χ4n) is 1.40. The van der Waals surface area contributed by atoms with E-state index in [1.165, 1.54) is 14.2 Å². The van der Waals surface area contributed by atoms with E-state index in [4.69, 9.17) is 14.3 Å². The number of carbonyl (C=O) groups excluding carboxylic acids is 2. The van der Waals surface area contributed by atoms with Crippen molar-refractivity contribution in [2.75, 3.05) is 14.2 Å². The van der Waals surface area contributed by atoms with Gasteiger partial charge in [-0.15, -0.1) is 0 Å². The summed E-state index contributed by atoms with van der Waals surface area (Å²) in [5.41, 5.74) is -1.10. The van der Waals surface area contributed by atoms with Gasteiger partial charge in [0.15, 0.2) is 6.29 Å². The van der Waals surface area contributed by atoms with Crippen LogP contribution in [0.25, 0.3) is 6.08 Å². The van der Waals surface area contributed by atoms with Crippen LogP contribution >= 0.6 is 0 Å². The first-order valence-electron chi connectivity index (χ1n) is 5.15. The van der Waals surface area contributed by atoms with Gasteiger partial charge in [0.25, 0.3) is 0 Å². The number of aliphatic hydroxyl groups is 1. The lowest BCUT2D eigenvalue weighted by Gasteiger charge is -2.08. The average molecular weight is 268 g/mol. The molecule has 0 aliphatic carbocycles. The molecule has 0 saturated carbocycles. The van der Waals surface area contributed by atoms with Crippen molar-refractivity contribution in [3.63, 3.8) is 0 Å². The Bertz CT molecular complexity index is 568. The number of methoxy groups -OCH3 is 2. The minimum atomic E-state index is -0.852. The predicted octanol–water partition coefficient (Wildman–Crippen LogP) is 0.139. The van der Waals surface area contributed by atoms with Crippen LogP contribution in [-0.2, 0) is 16.1 Å². The van der Waals surface area contributed by atoms with Gasteiger partial charge in [-0.05, 0) is 6.08 Å². The van der Waals surface area contributed by atoms with Crippen molar-refractivity contribution < 1.29 is 28.6 Å². The van der Waals surface area contributed by atoms with E-state index in [1.54, 1.807) is 0 Å². The summed E-state index contributed by atoms with van der Waals surface area (Å²) in [7, 11) is 2.42. The van der Waals surface area contributed by atoms with Gasteiger partial charge in [-0.1, -0.05) is 0 Å². The molecule has 0 bridgehead atoms. The van der Waals surface area contributed by atoms with E-state index >= 15 is 0 Å². The summed E-state index contributed by atoms with van der Waals surface area (Å²) in [4.78, 5) is 33.5. The van der Waals surface area contributed by atoms with Gasteiger partial charge in [-0.2, -0.15) is 0 Å². The second kappa shape index (κ2) is 6.50. The molecule has 0 fully saturated rings. The van der Waals surface area contributed by atoms with Crippen LogP contribution in [0.15, 0.2) is 15.3 Å². The van der Waals surface area contributed by atoms with Gasteiger partial charge < -0.3 is 19.0 Å². The molecule has 0 unspecified atom stereocenters. The Morgan fingerprint density at radius 2 is 2.11 bits per heavy atom. The summed E-state index contributed by atoms with van der Waals surface area (Å²) in [6.07, 6.45) is 2.50. The highest BCUT2D eigenvalue weighted by Gasteiger charge is 2.18. The minimum absolute atomic E-state index is 0.0775. The quantitative estimate of drug-likeness (QED) is 0.460. The molecule has 1 rings (SSSR count). The molecule has 0 radical (unpaired) electrons. The van der Waals surface area contributed by atoms with Crippen molar-refractivity contribution >= 4 is 18.3 Å². The number of esters is 1. The van der Waals surface area contributed by atoms with Crippen LogP contribution in [0, 0.1) is 0 Å². The Hall–Kier alpha value is -2.41. The molecule has 0 aliphatic heterocycles. The molecule has 1 heterocycles. The van der Waals surface area contributed by atoms with Gasteiger partial charge in [-0.3, -0.25) is 4.79 Å². The van der Waals surface area contributed by atoms with Crippen molar-refractivity contribution in [1.82, 2.24) is 0 Å². The normalized spacial score (nSPS) is 10.5. The molecule has 1 N–H and O–H groups in total. The second-order valence-electron chi connectivity index (χ2n) is 3.31. The van der Waals surface area contributed by atoms with Gasteiger partial charge in [-0.25, -0.2) is 9.59 Å². The third kappa shape index (κ3) is 3.08. The zero-order valence-corrected chi connectivity index (χ0v) is 10.3. The first-order chi connectivity index (χ1) is 9.08. The molecule has 7 nitrogen and oxygen atoms in total. The van der Waals surface area contributed by atoms with E-state index < -0.39 is 18.2 Å². The number of hydrogen-bond donors (Lipinski definition) is 1. The molecule has 0 aliphatic rings. The maximum atomic E-state index is 11.6. The van der Waals surface area contributed by atoms with Crippen LogP contribution in [0.2, 0.25) is 0 Å². The number of hydrogen-bond acceptors (Lipinski definition) is 7. The molecule has 0 saturated heterocycles. The third-order valence-corrected chi connectivity index (χ3v) is 2.29. The van der Waals surface area contributed by atoms with E-state index in [1.807, 2.05) is 0 Å². The molecular weight excluding hydrogens is 256 g/mol. The SMILES string of the molecule is COC(=O)C=Cc1oc(=O)c(CO)c(OC)c1C=O. The maximum absolute atomic E-state index is 11.6. The summed E-state index contributed by atoms with van der Waals surface area (Å²) in [5, 5.41) is 9.05. The van der Waals surface area contributed by atoms with Crippen molar-refractivity contribution in [2.24, 2.45) is 0 Å². The van der Waals surface area contributed by atoms with Crippen LogP contribution in [0.4, 0.5) is 0 Å². The van der Waals surface area contributed by atoms with E-state index in [9.17, 15) is 14.4 Å². The average Bonchev–Trinajstić information content (AvgIpc) is 2.43. The Morgan fingerprint density at radius 1 is 1.42 bits per heavy atom. The topological polar surface area (TPSA) is 103 Å². The summed E-state index contributed by atoms with van der Waals surface area (Å²) in [5.74, 6) is -0.914. The fourth-order valence-corrected chi connectivity index (χ4v) is 1.40. The van der Waals surface area contributed by atoms with Crippen LogP contribution in [-0.4, -0.2) is 31.6 Å². The lowest BCUT2D eigenvalue weighted by Crippen LogP contribution is -2.13. The summed E-state index contributed by atoms with van der Waals surface area (Å²) < 4.78 is 14.1. The van der Waals surface area contributed by atoms with Gasteiger partial charge >= 0.3 is 11.6 Å². The largest absolute Gasteiger partial charge is 0.495 e. The van der Waals surface area contributed by atoms with Gasteiger partial charge in [0, 0.05) is 6.08 Å². The highest BCUT2D eigenvalue weighted by Crippen LogP contribution is 2.24. The molecule has 1 aromatic heterocycles. The van der Waals surface area contributed by atoms with Gasteiger partial charge in [0.2, 0.25) is 0 Å². The maximum Gasteiger partial charge on any atom is 0.345 e. The zero-order valence-electron chi connectivity index (χ0n) is 10.3. The number of rotatable bonds is 5. The lowest BCUT2D eigenvalue weighted by molar-refractivity contribution is -0.134. The highest BCUT2D eigenvalue weighted by molar-refractivity contribution is 5.90. The van der Waals surface area contributed by atoms with Crippen LogP contribution in [0.3, 0.4) is 0 Å². The van der Waals surface area contributed by atoms with Gasteiger partial charge in [0.05, 0.1) is 26.4 Å². The van der Waals surface area contributed by atoms with E-state index in [-0.39, 0.29) is 22.6 Å². The molecule has 0 atom stereocenters.